The number of benzene rings is 1. The first-order valence-corrected chi connectivity index (χ1v) is 8.77. The van der Waals surface area contributed by atoms with Crippen LogP contribution in [-0.4, -0.2) is 43.8 Å². The zero-order chi connectivity index (χ0) is 15.6. The van der Waals surface area contributed by atoms with Crippen molar-refractivity contribution in [1.82, 2.24) is 9.21 Å². The van der Waals surface area contributed by atoms with E-state index in [1.54, 1.807) is 16.4 Å². The lowest BCUT2D eigenvalue weighted by atomic mass is 10.0. The summed E-state index contributed by atoms with van der Waals surface area (Å²) in [7, 11) is -3.38. The molecule has 1 heterocycles. The van der Waals surface area contributed by atoms with E-state index in [-0.39, 0.29) is 0 Å². The molecule has 0 radical (unpaired) electrons. The fourth-order valence-electron chi connectivity index (χ4n) is 2.48. The Morgan fingerprint density at radius 1 is 1.10 bits per heavy atom. The second-order valence-electron chi connectivity index (χ2n) is 5.85. The molecule has 0 spiro atoms. The molecule has 0 unspecified atom stereocenters. The Kier molecular flexibility index (Phi) is 4.74. The molecule has 0 aromatic heterocycles. The molecule has 1 aliphatic rings. The Morgan fingerprint density at radius 3 is 2.05 bits per heavy atom. The molecule has 5 heteroatoms. The third-order valence-corrected chi connectivity index (χ3v) is 5.88. The van der Waals surface area contributed by atoms with Crippen LogP contribution < -0.4 is 0 Å². The van der Waals surface area contributed by atoms with Crippen molar-refractivity contribution >= 4 is 10.0 Å². The monoisotopic (exact) mass is 308 g/mol. The van der Waals surface area contributed by atoms with Gasteiger partial charge in [0.25, 0.3) is 0 Å². The maximum atomic E-state index is 12.6. The van der Waals surface area contributed by atoms with E-state index in [0.29, 0.717) is 37.0 Å². The number of nitrogens with zero attached hydrogens (tertiary/aromatic N) is 2. The largest absolute Gasteiger partial charge is 0.373 e. The molecule has 0 atom stereocenters. The standard InChI is InChI=1S/C16H24N2O2S/c1-13(2)15-5-7-16(8-6-15)21(19,20)18-11-9-17(10-12-18)14(3)4/h5-8,13H,3,9-12H2,1-2,4H3. The number of allylic oxidation sites excluding steroid dienone is 1. The Bertz CT molecular complexity index is 598. The van der Waals surface area contributed by atoms with Crippen LogP contribution in [-0.2, 0) is 10.0 Å². The molecule has 0 N–H and O–H groups in total. The highest BCUT2D eigenvalue weighted by Gasteiger charge is 2.28. The van der Waals surface area contributed by atoms with Gasteiger partial charge in [-0.1, -0.05) is 32.6 Å². The predicted octanol–water partition coefficient (Wildman–Crippen LogP) is 2.65. The van der Waals surface area contributed by atoms with Crippen molar-refractivity contribution in [2.24, 2.45) is 0 Å². The molecule has 0 aliphatic carbocycles. The van der Waals surface area contributed by atoms with E-state index in [4.69, 9.17) is 0 Å². The zero-order valence-corrected chi connectivity index (χ0v) is 13.9. The van der Waals surface area contributed by atoms with Crippen LogP contribution in [0.1, 0.15) is 32.3 Å². The summed E-state index contributed by atoms with van der Waals surface area (Å²) in [6, 6.07) is 7.25. The molecule has 4 nitrogen and oxygen atoms in total. The molecular formula is C16H24N2O2S. The van der Waals surface area contributed by atoms with Crippen LogP contribution in [0.5, 0.6) is 0 Å². The van der Waals surface area contributed by atoms with E-state index >= 15 is 0 Å². The molecule has 21 heavy (non-hydrogen) atoms. The number of hydrogen-bond donors (Lipinski definition) is 0. The first-order chi connectivity index (χ1) is 9.82. The average Bonchev–Trinajstić information content (AvgIpc) is 2.47. The van der Waals surface area contributed by atoms with Crippen LogP contribution in [0, 0.1) is 0 Å². The molecule has 1 aliphatic heterocycles. The topological polar surface area (TPSA) is 40.6 Å². The second-order valence-corrected chi connectivity index (χ2v) is 7.79. The fraction of sp³-hybridized carbons (Fsp3) is 0.500. The fourth-order valence-corrected chi connectivity index (χ4v) is 3.91. The smallest absolute Gasteiger partial charge is 0.243 e. The first kappa shape index (κ1) is 16.0. The van der Waals surface area contributed by atoms with Crippen molar-refractivity contribution in [1.29, 1.82) is 0 Å². The Morgan fingerprint density at radius 2 is 1.62 bits per heavy atom. The van der Waals surface area contributed by atoms with E-state index < -0.39 is 10.0 Å². The first-order valence-electron chi connectivity index (χ1n) is 7.33. The minimum atomic E-state index is -3.38. The summed E-state index contributed by atoms with van der Waals surface area (Å²) in [4.78, 5) is 2.50. The zero-order valence-electron chi connectivity index (χ0n) is 13.0. The summed E-state index contributed by atoms with van der Waals surface area (Å²) >= 11 is 0. The van der Waals surface area contributed by atoms with Crippen molar-refractivity contribution in [2.75, 3.05) is 26.2 Å². The highest BCUT2D eigenvalue weighted by molar-refractivity contribution is 7.89. The summed E-state index contributed by atoms with van der Waals surface area (Å²) in [5, 5.41) is 0. The van der Waals surface area contributed by atoms with Crippen molar-refractivity contribution in [3.63, 3.8) is 0 Å². The predicted molar refractivity (Wildman–Crippen MR) is 85.7 cm³/mol. The van der Waals surface area contributed by atoms with Crippen LogP contribution in [0.3, 0.4) is 0 Å². The molecule has 116 valence electrons. The van der Waals surface area contributed by atoms with Gasteiger partial charge in [0.2, 0.25) is 10.0 Å². The van der Waals surface area contributed by atoms with Gasteiger partial charge in [0.15, 0.2) is 0 Å². The van der Waals surface area contributed by atoms with Crippen molar-refractivity contribution in [3.05, 3.63) is 42.1 Å². The normalized spacial score (nSPS) is 17.2. The molecule has 0 bridgehead atoms. The van der Waals surface area contributed by atoms with Crippen molar-refractivity contribution < 1.29 is 8.42 Å². The van der Waals surface area contributed by atoms with Crippen LogP contribution in [0.25, 0.3) is 0 Å². The molecule has 1 aromatic carbocycles. The van der Waals surface area contributed by atoms with E-state index in [9.17, 15) is 8.42 Å². The SMILES string of the molecule is C=C(C)N1CCN(S(=O)(=O)c2ccc(C(C)C)cc2)CC1. The van der Waals surface area contributed by atoms with Crippen molar-refractivity contribution in [3.8, 4) is 0 Å². The van der Waals surface area contributed by atoms with Crippen LogP contribution in [0.4, 0.5) is 0 Å². The van der Waals surface area contributed by atoms with Gasteiger partial charge in [-0.15, -0.1) is 0 Å². The number of piperazine rings is 1. The maximum Gasteiger partial charge on any atom is 0.243 e. The summed E-state index contributed by atoms with van der Waals surface area (Å²) in [5.74, 6) is 0.404. The molecule has 1 fully saturated rings. The van der Waals surface area contributed by atoms with Gasteiger partial charge in [-0.25, -0.2) is 8.42 Å². The Labute approximate surface area is 128 Å². The Balaban J connectivity index is 2.13. The molecule has 2 rings (SSSR count). The minimum absolute atomic E-state index is 0.385. The number of rotatable bonds is 4. The Hall–Kier alpha value is -1.33. The highest BCUT2D eigenvalue weighted by atomic mass is 32.2. The van der Waals surface area contributed by atoms with Crippen LogP contribution in [0.15, 0.2) is 41.4 Å². The van der Waals surface area contributed by atoms with E-state index in [1.165, 1.54) is 0 Å². The summed E-state index contributed by atoms with van der Waals surface area (Å²) < 4.78 is 26.8. The van der Waals surface area contributed by atoms with E-state index in [2.05, 4.69) is 25.3 Å². The molecule has 1 saturated heterocycles. The van der Waals surface area contributed by atoms with Gasteiger partial charge in [0.05, 0.1) is 4.90 Å². The molecule has 0 amide bonds. The minimum Gasteiger partial charge on any atom is -0.373 e. The number of sulfonamides is 1. The van der Waals surface area contributed by atoms with Gasteiger partial charge in [0.1, 0.15) is 0 Å². The van der Waals surface area contributed by atoms with Gasteiger partial charge in [-0.2, -0.15) is 4.31 Å². The van der Waals surface area contributed by atoms with Crippen molar-refractivity contribution in [2.45, 2.75) is 31.6 Å². The molecule has 0 saturated carbocycles. The molecular weight excluding hydrogens is 284 g/mol. The third-order valence-electron chi connectivity index (χ3n) is 3.96. The lowest BCUT2D eigenvalue weighted by Gasteiger charge is -2.35. The highest BCUT2D eigenvalue weighted by Crippen LogP contribution is 2.21. The average molecular weight is 308 g/mol. The van der Waals surface area contributed by atoms with E-state index in [1.807, 2.05) is 19.1 Å². The number of hydrogen-bond acceptors (Lipinski definition) is 3. The van der Waals surface area contributed by atoms with Gasteiger partial charge in [-0.3, -0.25) is 0 Å². The summed E-state index contributed by atoms with van der Waals surface area (Å²) in [6.07, 6.45) is 0. The van der Waals surface area contributed by atoms with Crippen LogP contribution in [0.2, 0.25) is 0 Å². The third kappa shape index (κ3) is 3.47. The van der Waals surface area contributed by atoms with E-state index in [0.717, 1.165) is 11.3 Å². The summed E-state index contributed by atoms with van der Waals surface area (Å²) in [6.45, 7) is 12.5. The van der Waals surface area contributed by atoms with Gasteiger partial charge >= 0.3 is 0 Å². The van der Waals surface area contributed by atoms with Crippen LogP contribution >= 0.6 is 0 Å². The quantitative estimate of drug-likeness (QED) is 0.858. The molecule has 1 aromatic rings. The maximum absolute atomic E-state index is 12.6. The summed E-state index contributed by atoms with van der Waals surface area (Å²) in [5.41, 5.74) is 2.15. The lowest BCUT2D eigenvalue weighted by molar-refractivity contribution is 0.230. The van der Waals surface area contributed by atoms with Gasteiger partial charge in [0, 0.05) is 31.9 Å². The second kappa shape index (κ2) is 6.20. The van der Waals surface area contributed by atoms with Gasteiger partial charge < -0.3 is 4.90 Å². The lowest BCUT2D eigenvalue weighted by Crippen LogP contribution is -2.47. The van der Waals surface area contributed by atoms with Gasteiger partial charge in [-0.05, 0) is 30.5 Å².